The monoisotopic (exact) mass is 833 g/mol. The summed E-state index contributed by atoms with van der Waals surface area (Å²) < 4.78 is 0. The van der Waals surface area contributed by atoms with Crippen LogP contribution in [-0.4, -0.2) is 97.0 Å². The molecule has 0 bridgehead atoms. The first-order chi connectivity index (χ1) is 29.5. The van der Waals surface area contributed by atoms with Crippen LogP contribution in [0.25, 0.3) is 0 Å². The maximum absolute atomic E-state index is 13.4. The van der Waals surface area contributed by atoms with E-state index in [4.69, 9.17) is 11.1 Å². The smallest absolute Gasteiger partial charge is 0.243 e. The summed E-state index contributed by atoms with van der Waals surface area (Å²) in [5.41, 5.74) is 11.1. The van der Waals surface area contributed by atoms with E-state index in [1.54, 1.807) is 48.5 Å². The molecule has 4 aromatic rings. The van der Waals surface area contributed by atoms with Gasteiger partial charge in [0.05, 0.1) is 19.6 Å². The standard InChI is InChI=1S/C43H51N9O5.2C2H6/c1-30-7-16-35(17-8-30)48-40(55)28-51-21-23-52(24-22-51)29-41(56)49-36-18-11-32(12-19-36)25-37(50-38(53)20-13-31-5-3-2-4-6-31)43(57)47-27-39(54)46-26-33-9-14-34(15-10-33)42(44)45;2*1-2/h2-12,14-19,37H,13,20-29H2,1H3,(H3,44,45)(H,46,54)(H,47,57)(H,48,55)(H,49,56)(H,50,53);2*1-2H3. The Balaban J connectivity index is 0.00000241. The van der Waals surface area contributed by atoms with Gasteiger partial charge in [-0.25, -0.2) is 0 Å². The fraction of sp³-hybridized carbons (Fsp3) is 0.362. The first-order valence-corrected chi connectivity index (χ1v) is 21.0. The summed E-state index contributed by atoms with van der Waals surface area (Å²) in [4.78, 5) is 68.5. The number of anilines is 2. The van der Waals surface area contributed by atoms with Crippen LogP contribution in [0.1, 0.15) is 61.9 Å². The molecule has 1 atom stereocenters. The van der Waals surface area contributed by atoms with E-state index >= 15 is 0 Å². The highest BCUT2D eigenvalue weighted by molar-refractivity contribution is 5.95. The van der Waals surface area contributed by atoms with Gasteiger partial charge in [0.15, 0.2) is 0 Å². The van der Waals surface area contributed by atoms with E-state index < -0.39 is 17.9 Å². The maximum atomic E-state index is 13.4. The summed E-state index contributed by atoms with van der Waals surface area (Å²) >= 11 is 0. The number of nitrogens with two attached hydrogens (primary N) is 1. The van der Waals surface area contributed by atoms with E-state index in [0.29, 0.717) is 43.9 Å². The summed E-state index contributed by atoms with van der Waals surface area (Å²) in [5, 5.41) is 21.6. The number of nitrogen functional groups attached to an aromatic ring is 1. The second kappa shape index (κ2) is 26.7. The van der Waals surface area contributed by atoms with E-state index in [-0.39, 0.29) is 62.6 Å². The van der Waals surface area contributed by atoms with Gasteiger partial charge in [-0.05, 0) is 54.3 Å². The van der Waals surface area contributed by atoms with E-state index in [1.807, 2.05) is 89.2 Å². The van der Waals surface area contributed by atoms with Crippen LogP contribution >= 0.6 is 0 Å². The second-order valence-corrected chi connectivity index (χ2v) is 14.1. The normalized spacial score (nSPS) is 12.8. The number of rotatable bonds is 18. The Morgan fingerprint density at radius 3 is 1.66 bits per heavy atom. The van der Waals surface area contributed by atoms with Crippen molar-refractivity contribution in [2.75, 3.05) is 56.4 Å². The molecule has 5 rings (SSSR count). The highest BCUT2D eigenvalue weighted by Crippen LogP contribution is 2.14. The fourth-order valence-corrected chi connectivity index (χ4v) is 6.24. The lowest BCUT2D eigenvalue weighted by Gasteiger charge is -2.33. The fourth-order valence-electron chi connectivity index (χ4n) is 6.24. The molecule has 326 valence electrons. The molecule has 0 spiro atoms. The summed E-state index contributed by atoms with van der Waals surface area (Å²) in [6.07, 6.45) is 0.848. The van der Waals surface area contributed by atoms with Crippen LogP contribution < -0.4 is 32.3 Å². The van der Waals surface area contributed by atoms with Gasteiger partial charge in [0.2, 0.25) is 29.5 Å². The molecule has 14 nitrogen and oxygen atoms in total. The van der Waals surface area contributed by atoms with Crippen molar-refractivity contribution >= 4 is 46.7 Å². The summed E-state index contributed by atoms with van der Waals surface area (Å²) in [5.74, 6) is -1.49. The Morgan fingerprint density at radius 1 is 0.623 bits per heavy atom. The Kier molecular flexibility index (Phi) is 21.4. The molecule has 5 amide bonds. The van der Waals surface area contributed by atoms with Gasteiger partial charge in [-0.15, -0.1) is 0 Å². The molecule has 14 heteroatoms. The molecule has 1 heterocycles. The van der Waals surface area contributed by atoms with Crippen LogP contribution in [0.3, 0.4) is 0 Å². The average Bonchev–Trinajstić information content (AvgIpc) is 3.27. The highest BCUT2D eigenvalue weighted by atomic mass is 16.2. The number of amides is 5. The third-order valence-electron chi connectivity index (χ3n) is 9.53. The van der Waals surface area contributed by atoms with Gasteiger partial charge in [-0.2, -0.15) is 0 Å². The summed E-state index contributed by atoms with van der Waals surface area (Å²) in [7, 11) is 0. The molecule has 0 aromatic heterocycles. The Hall–Kier alpha value is -6.38. The summed E-state index contributed by atoms with van der Waals surface area (Å²) in [6, 6.07) is 30.3. The predicted molar refractivity (Wildman–Crippen MR) is 243 cm³/mol. The molecule has 1 aliphatic heterocycles. The molecule has 0 aliphatic carbocycles. The number of nitrogens with one attached hydrogen (secondary N) is 6. The van der Waals surface area contributed by atoms with Gasteiger partial charge in [-0.1, -0.05) is 112 Å². The number of benzene rings is 4. The molecular weight excluding hydrogens is 771 g/mol. The van der Waals surface area contributed by atoms with Gasteiger partial charge in [0.25, 0.3) is 0 Å². The zero-order chi connectivity index (χ0) is 44.6. The van der Waals surface area contributed by atoms with Crippen LogP contribution in [0.2, 0.25) is 0 Å². The molecule has 8 N–H and O–H groups in total. The van der Waals surface area contributed by atoms with E-state index in [9.17, 15) is 24.0 Å². The minimum Gasteiger partial charge on any atom is -0.384 e. The molecule has 0 saturated carbocycles. The van der Waals surface area contributed by atoms with Crippen LogP contribution in [0, 0.1) is 12.3 Å². The van der Waals surface area contributed by atoms with Gasteiger partial charge in [0.1, 0.15) is 11.9 Å². The number of carbonyl (C=O) groups is 5. The number of carbonyl (C=O) groups excluding carboxylic acids is 5. The van der Waals surface area contributed by atoms with Crippen LogP contribution in [0.4, 0.5) is 11.4 Å². The van der Waals surface area contributed by atoms with Gasteiger partial charge in [-0.3, -0.25) is 39.2 Å². The third-order valence-corrected chi connectivity index (χ3v) is 9.53. The number of nitrogens with zero attached hydrogens (tertiary/aromatic N) is 2. The van der Waals surface area contributed by atoms with Crippen molar-refractivity contribution in [2.24, 2.45) is 5.73 Å². The Morgan fingerprint density at radius 2 is 1.13 bits per heavy atom. The lowest BCUT2D eigenvalue weighted by Crippen LogP contribution is -2.50. The van der Waals surface area contributed by atoms with Crippen molar-refractivity contribution < 1.29 is 24.0 Å². The predicted octanol–water partition coefficient (Wildman–Crippen LogP) is 4.62. The molecule has 1 unspecified atom stereocenters. The van der Waals surface area contributed by atoms with Gasteiger partial charge >= 0.3 is 0 Å². The van der Waals surface area contributed by atoms with Gasteiger partial charge in [0, 0.05) is 62.5 Å². The lowest BCUT2D eigenvalue weighted by atomic mass is 10.0. The highest BCUT2D eigenvalue weighted by Gasteiger charge is 2.23. The van der Waals surface area contributed by atoms with Crippen molar-refractivity contribution in [3.63, 3.8) is 0 Å². The molecule has 1 fully saturated rings. The summed E-state index contributed by atoms with van der Waals surface area (Å²) in [6.45, 7) is 13.1. The third kappa shape index (κ3) is 18.2. The largest absolute Gasteiger partial charge is 0.384 e. The van der Waals surface area contributed by atoms with Crippen molar-refractivity contribution in [3.05, 3.63) is 131 Å². The molecule has 4 aromatic carbocycles. The zero-order valence-corrected chi connectivity index (χ0v) is 36.2. The zero-order valence-electron chi connectivity index (χ0n) is 36.2. The Labute approximate surface area is 360 Å². The molecule has 1 aliphatic rings. The molecule has 1 saturated heterocycles. The van der Waals surface area contributed by atoms with Crippen molar-refractivity contribution in [2.45, 2.75) is 66.5 Å². The topological polar surface area (TPSA) is 202 Å². The van der Waals surface area contributed by atoms with Crippen LogP contribution in [-0.2, 0) is 43.4 Å². The first-order valence-electron chi connectivity index (χ1n) is 21.0. The molecular formula is C47H63N9O5. The maximum Gasteiger partial charge on any atom is 0.243 e. The molecule has 0 radical (unpaired) electrons. The number of amidine groups is 1. The van der Waals surface area contributed by atoms with Crippen molar-refractivity contribution in [1.82, 2.24) is 25.8 Å². The Bertz CT molecular complexity index is 1980. The molecule has 61 heavy (non-hydrogen) atoms. The van der Waals surface area contributed by atoms with Crippen LogP contribution in [0.15, 0.2) is 103 Å². The number of aryl methyl sites for hydroxylation is 2. The minimum atomic E-state index is -0.951. The number of hydrogen-bond donors (Lipinski definition) is 7. The quantitative estimate of drug-likeness (QED) is 0.0556. The second-order valence-electron chi connectivity index (χ2n) is 14.1. The lowest BCUT2D eigenvalue weighted by molar-refractivity contribution is -0.130. The van der Waals surface area contributed by atoms with E-state index in [1.165, 1.54) is 0 Å². The van der Waals surface area contributed by atoms with Gasteiger partial charge < -0.3 is 32.3 Å². The SMILES string of the molecule is CC.CC.Cc1ccc(NC(=O)CN2CCN(CC(=O)Nc3ccc(CC(NC(=O)CCc4ccccc4)C(=O)NCC(=O)NCc4ccc(C(=N)N)cc4)cc3)CC2)cc1. The average molecular weight is 834 g/mol. The van der Waals surface area contributed by atoms with E-state index in [2.05, 4.69) is 36.4 Å². The van der Waals surface area contributed by atoms with Crippen molar-refractivity contribution in [1.29, 1.82) is 5.41 Å². The minimum absolute atomic E-state index is 0.0471. The number of hydrogen-bond acceptors (Lipinski definition) is 8. The van der Waals surface area contributed by atoms with Crippen molar-refractivity contribution in [3.8, 4) is 0 Å². The number of piperazine rings is 1. The first kappa shape index (κ1) is 49.0. The van der Waals surface area contributed by atoms with Crippen LogP contribution in [0.5, 0.6) is 0 Å². The van der Waals surface area contributed by atoms with E-state index in [0.717, 1.165) is 27.9 Å².